The highest BCUT2D eigenvalue weighted by atomic mass is 35.5. The van der Waals surface area contributed by atoms with Gasteiger partial charge in [-0.25, -0.2) is 0 Å². The van der Waals surface area contributed by atoms with Crippen LogP contribution in [0.4, 0.5) is 0 Å². The van der Waals surface area contributed by atoms with Crippen molar-refractivity contribution in [3.63, 3.8) is 0 Å². The van der Waals surface area contributed by atoms with E-state index in [0.717, 1.165) is 43.8 Å². The highest BCUT2D eigenvalue weighted by Gasteiger charge is 2.41. The van der Waals surface area contributed by atoms with E-state index in [-0.39, 0.29) is 11.6 Å². The first kappa shape index (κ1) is 11.3. The zero-order chi connectivity index (χ0) is 11.9. The summed E-state index contributed by atoms with van der Waals surface area (Å²) >= 11 is 5.99. The molecule has 1 aromatic rings. The number of rotatable bonds is 0. The lowest BCUT2D eigenvalue weighted by Gasteiger charge is -2.43. The first-order valence-electron chi connectivity index (χ1n) is 6.00. The summed E-state index contributed by atoms with van der Waals surface area (Å²) in [5, 5.41) is 0.714. The first-order chi connectivity index (χ1) is 8.19. The predicted octanol–water partition coefficient (Wildman–Crippen LogP) is 2.67. The Hall–Kier alpha value is -0.770. The maximum absolute atomic E-state index is 6.24. The Morgan fingerprint density at radius 2 is 2.06 bits per heavy atom. The lowest BCUT2D eigenvalue weighted by molar-refractivity contribution is -0.0620. The third kappa shape index (κ3) is 2.03. The van der Waals surface area contributed by atoms with Gasteiger partial charge in [-0.15, -0.1) is 0 Å². The van der Waals surface area contributed by atoms with E-state index < -0.39 is 0 Å². The monoisotopic (exact) mass is 253 g/mol. The van der Waals surface area contributed by atoms with Crippen LogP contribution in [0.3, 0.4) is 0 Å². The van der Waals surface area contributed by atoms with Crippen molar-refractivity contribution in [1.29, 1.82) is 0 Å². The maximum atomic E-state index is 6.24. The van der Waals surface area contributed by atoms with E-state index >= 15 is 0 Å². The van der Waals surface area contributed by atoms with Crippen molar-refractivity contribution in [1.82, 2.24) is 0 Å². The number of hydrogen-bond donors (Lipinski definition) is 1. The molecular weight excluding hydrogens is 238 g/mol. The summed E-state index contributed by atoms with van der Waals surface area (Å²) in [6.07, 6.45) is 2.69. The van der Waals surface area contributed by atoms with Crippen LogP contribution in [0.15, 0.2) is 18.2 Å². The molecule has 0 radical (unpaired) electrons. The molecule has 0 aliphatic carbocycles. The molecule has 0 unspecified atom stereocenters. The number of fused-ring (bicyclic) bond motifs is 1. The van der Waals surface area contributed by atoms with Crippen molar-refractivity contribution < 1.29 is 9.47 Å². The summed E-state index contributed by atoms with van der Waals surface area (Å²) in [4.78, 5) is 0. The number of nitrogens with two attached hydrogens (primary N) is 1. The number of ether oxygens (including phenoxy) is 2. The Balaban J connectivity index is 1.94. The summed E-state index contributed by atoms with van der Waals surface area (Å²) < 4.78 is 11.6. The number of halogens is 1. The molecule has 1 spiro atoms. The van der Waals surface area contributed by atoms with Crippen LogP contribution in [-0.4, -0.2) is 18.8 Å². The van der Waals surface area contributed by atoms with Gasteiger partial charge in [0.2, 0.25) is 0 Å². The Morgan fingerprint density at radius 1 is 1.29 bits per heavy atom. The summed E-state index contributed by atoms with van der Waals surface area (Å²) in [6.45, 7) is 1.52. The maximum Gasteiger partial charge on any atom is 0.125 e. The summed E-state index contributed by atoms with van der Waals surface area (Å²) in [5.74, 6) is 0.884. The fourth-order valence-corrected chi connectivity index (χ4v) is 2.92. The van der Waals surface area contributed by atoms with Crippen LogP contribution in [0.2, 0.25) is 5.02 Å². The standard InChI is InChI=1S/C13H16ClNO2/c14-9-1-2-12-10(7-9)11(15)8-13(17-12)3-5-16-6-4-13/h1-2,7,11H,3-6,8,15H2/t11-/m0/s1. The fourth-order valence-electron chi connectivity index (χ4n) is 2.74. The molecule has 2 heterocycles. The van der Waals surface area contributed by atoms with E-state index in [9.17, 15) is 0 Å². The Morgan fingerprint density at radius 3 is 2.82 bits per heavy atom. The molecule has 3 nitrogen and oxygen atoms in total. The molecule has 1 atom stereocenters. The quantitative estimate of drug-likeness (QED) is 0.773. The number of hydrogen-bond acceptors (Lipinski definition) is 3. The zero-order valence-corrected chi connectivity index (χ0v) is 10.4. The molecule has 1 fully saturated rings. The van der Waals surface area contributed by atoms with E-state index in [1.807, 2.05) is 18.2 Å². The van der Waals surface area contributed by atoms with Gasteiger partial charge in [0, 0.05) is 35.9 Å². The van der Waals surface area contributed by atoms with Crippen LogP contribution in [0.5, 0.6) is 5.75 Å². The molecule has 2 N–H and O–H groups in total. The van der Waals surface area contributed by atoms with Crippen LogP contribution in [0, 0.1) is 0 Å². The fraction of sp³-hybridized carbons (Fsp3) is 0.538. The van der Waals surface area contributed by atoms with Gasteiger partial charge in [0.15, 0.2) is 0 Å². The van der Waals surface area contributed by atoms with Crippen molar-refractivity contribution in [2.24, 2.45) is 5.73 Å². The lowest BCUT2D eigenvalue weighted by atomic mass is 9.82. The van der Waals surface area contributed by atoms with Crippen LogP contribution < -0.4 is 10.5 Å². The van der Waals surface area contributed by atoms with Gasteiger partial charge in [0.1, 0.15) is 11.4 Å². The van der Waals surface area contributed by atoms with Crippen molar-refractivity contribution >= 4 is 11.6 Å². The smallest absolute Gasteiger partial charge is 0.125 e. The Bertz CT molecular complexity index is 429. The van der Waals surface area contributed by atoms with Gasteiger partial charge < -0.3 is 15.2 Å². The van der Waals surface area contributed by atoms with Gasteiger partial charge in [0.25, 0.3) is 0 Å². The van der Waals surface area contributed by atoms with Crippen molar-refractivity contribution in [3.8, 4) is 5.75 Å². The van der Waals surface area contributed by atoms with Crippen LogP contribution in [0.25, 0.3) is 0 Å². The van der Waals surface area contributed by atoms with Gasteiger partial charge in [-0.3, -0.25) is 0 Å². The van der Waals surface area contributed by atoms with E-state index in [1.165, 1.54) is 0 Å². The molecule has 0 aromatic heterocycles. The van der Waals surface area contributed by atoms with E-state index in [0.29, 0.717) is 5.02 Å². The molecule has 0 saturated carbocycles. The van der Waals surface area contributed by atoms with Crippen LogP contribution >= 0.6 is 11.6 Å². The second kappa shape index (κ2) is 4.16. The SMILES string of the molecule is N[C@H]1CC2(CCOCC2)Oc2ccc(Cl)cc21. The Labute approximate surface area is 106 Å². The van der Waals surface area contributed by atoms with Crippen molar-refractivity contribution in [3.05, 3.63) is 28.8 Å². The molecule has 2 aliphatic rings. The first-order valence-corrected chi connectivity index (χ1v) is 6.38. The molecule has 92 valence electrons. The minimum Gasteiger partial charge on any atom is -0.487 e. The van der Waals surface area contributed by atoms with Crippen molar-refractivity contribution in [2.75, 3.05) is 13.2 Å². The minimum absolute atomic E-state index is 0.00977. The van der Waals surface area contributed by atoms with Gasteiger partial charge in [0.05, 0.1) is 13.2 Å². The third-order valence-electron chi connectivity index (χ3n) is 3.69. The molecule has 2 aliphatic heterocycles. The summed E-state index contributed by atoms with van der Waals surface area (Å²) in [6, 6.07) is 5.70. The second-order valence-corrected chi connectivity index (χ2v) is 5.33. The average molecular weight is 254 g/mol. The second-order valence-electron chi connectivity index (χ2n) is 4.89. The van der Waals surface area contributed by atoms with Gasteiger partial charge in [-0.1, -0.05) is 11.6 Å². The average Bonchev–Trinajstić information content (AvgIpc) is 2.31. The molecule has 1 saturated heterocycles. The molecule has 0 bridgehead atoms. The largest absolute Gasteiger partial charge is 0.487 e. The van der Waals surface area contributed by atoms with Gasteiger partial charge >= 0.3 is 0 Å². The summed E-state index contributed by atoms with van der Waals surface area (Å²) in [7, 11) is 0. The molecule has 17 heavy (non-hydrogen) atoms. The van der Waals surface area contributed by atoms with Gasteiger partial charge in [-0.2, -0.15) is 0 Å². The Kier molecular flexibility index (Phi) is 2.77. The predicted molar refractivity (Wildman–Crippen MR) is 66.4 cm³/mol. The third-order valence-corrected chi connectivity index (χ3v) is 3.93. The molecular formula is C13H16ClNO2. The number of benzene rings is 1. The lowest BCUT2D eigenvalue weighted by Crippen LogP contribution is -2.47. The van der Waals surface area contributed by atoms with Gasteiger partial charge in [-0.05, 0) is 18.2 Å². The van der Waals surface area contributed by atoms with Crippen LogP contribution in [-0.2, 0) is 4.74 Å². The van der Waals surface area contributed by atoms with E-state index in [1.54, 1.807) is 0 Å². The highest BCUT2D eigenvalue weighted by Crippen LogP contribution is 2.43. The topological polar surface area (TPSA) is 44.5 Å². The summed E-state index contributed by atoms with van der Waals surface area (Å²) in [5.41, 5.74) is 7.14. The van der Waals surface area contributed by atoms with Crippen molar-refractivity contribution in [2.45, 2.75) is 30.9 Å². The highest BCUT2D eigenvalue weighted by molar-refractivity contribution is 6.30. The van der Waals surface area contributed by atoms with Crippen LogP contribution in [0.1, 0.15) is 30.9 Å². The molecule has 3 rings (SSSR count). The molecule has 4 heteroatoms. The van der Waals surface area contributed by atoms with E-state index in [4.69, 9.17) is 26.8 Å². The minimum atomic E-state index is -0.126. The molecule has 0 amide bonds. The van der Waals surface area contributed by atoms with E-state index in [2.05, 4.69) is 0 Å². The molecule has 1 aromatic carbocycles. The zero-order valence-electron chi connectivity index (χ0n) is 9.62. The normalized spacial score (nSPS) is 26.4.